The minimum absolute atomic E-state index is 0.157. The van der Waals surface area contributed by atoms with Crippen LogP contribution in [0.4, 0.5) is 4.39 Å². The van der Waals surface area contributed by atoms with Gasteiger partial charge in [0, 0.05) is 10.0 Å². The number of rotatable bonds is 2. The highest BCUT2D eigenvalue weighted by atomic mass is 79.9. The van der Waals surface area contributed by atoms with Gasteiger partial charge in [0.1, 0.15) is 5.82 Å². The topological polar surface area (TPSA) is 54.9 Å². The van der Waals surface area contributed by atoms with E-state index in [1.165, 1.54) is 12.1 Å². The SMILES string of the molecule is O=c1[nH]c2c(Cl)cccc2c(=O)n1Cc1ccc(Br)cc1F. The highest BCUT2D eigenvalue weighted by molar-refractivity contribution is 9.10. The third-order valence-corrected chi connectivity index (χ3v) is 4.12. The minimum Gasteiger partial charge on any atom is -0.305 e. The Hall–Kier alpha value is -1.92. The van der Waals surface area contributed by atoms with Crippen LogP contribution in [0.1, 0.15) is 5.56 Å². The van der Waals surface area contributed by atoms with Crippen LogP contribution < -0.4 is 11.2 Å². The number of hydrogen-bond acceptors (Lipinski definition) is 2. The molecule has 2 aromatic carbocycles. The predicted octanol–water partition coefficient (Wildman–Crippen LogP) is 3.29. The van der Waals surface area contributed by atoms with Crippen LogP contribution >= 0.6 is 27.5 Å². The Labute approximate surface area is 137 Å². The van der Waals surface area contributed by atoms with E-state index in [9.17, 15) is 14.0 Å². The van der Waals surface area contributed by atoms with E-state index >= 15 is 0 Å². The van der Waals surface area contributed by atoms with Gasteiger partial charge in [-0.2, -0.15) is 0 Å². The molecule has 3 aromatic rings. The van der Waals surface area contributed by atoms with Gasteiger partial charge in [0.15, 0.2) is 0 Å². The van der Waals surface area contributed by atoms with E-state index in [0.29, 0.717) is 4.47 Å². The van der Waals surface area contributed by atoms with Crippen LogP contribution in [0.2, 0.25) is 5.02 Å². The molecule has 7 heteroatoms. The largest absolute Gasteiger partial charge is 0.329 e. The number of aromatic nitrogens is 2. The normalized spacial score (nSPS) is 11.0. The van der Waals surface area contributed by atoms with Crippen molar-refractivity contribution >= 4 is 38.4 Å². The quantitative estimate of drug-likeness (QED) is 0.738. The fourth-order valence-corrected chi connectivity index (χ4v) is 2.76. The van der Waals surface area contributed by atoms with Crippen LogP contribution in [0.25, 0.3) is 10.9 Å². The molecule has 0 aliphatic heterocycles. The molecule has 22 heavy (non-hydrogen) atoms. The Morgan fingerprint density at radius 2 is 2.00 bits per heavy atom. The monoisotopic (exact) mass is 382 g/mol. The Kier molecular flexibility index (Phi) is 3.88. The summed E-state index contributed by atoms with van der Waals surface area (Å²) in [5.74, 6) is -0.494. The lowest BCUT2D eigenvalue weighted by molar-refractivity contribution is 0.590. The van der Waals surface area contributed by atoms with Crippen molar-refractivity contribution in [1.29, 1.82) is 0 Å². The van der Waals surface area contributed by atoms with Gasteiger partial charge in [0.05, 0.1) is 22.5 Å². The molecule has 0 aliphatic rings. The average Bonchev–Trinajstić information content (AvgIpc) is 2.47. The fourth-order valence-electron chi connectivity index (χ4n) is 2.21. The molecular formula is C15H9BrClFN2O2. The summed E-state index contributed by atoms with van der Waals surface area (Å²) in [6.07, 6.45) is 0. The molecule has 0 fully saturated rings. The van der Waals surface area contributed by atoms with Crippen LogP contribution in [0.5, 0.6) is 0 Å². The number of benzene rings is 2. The van der Waals surface area contributed by atoms with Crippen molar-refractivity contribution < 1.29 is 4.39 Å². The summed E-state index contributed by atoms with van der Waals surface area (Å²) in [5.41, 5.74) is -0.611. The van der Waals surface area contributed by atoms with Crippen molar-refractivity contribution in [1.82, 2.24) is 9.55 Å². The van der Waals surface area contributed by atoms with Gasteiger partial charge in [0.25, 0.3) is 5.56 Å². The molecule has 0 unspecified atom stereocenters. The molecule has 0 atom stereocenters. The second kappa shape index (κ2) is 5.70. The molecule has 1 N–H and O–H groups in total. The first-order chi connectivity index (χ1) is 10.5. The first-order valence-corrected chi connectivity index (χ1v) is 7.50. The van der Waals surface area contributed by atoms with Crippen LogP contribution in [-0.4, -0.2) is 9.55 Å². The second-order valence-electron chi connectivity index (χ2n) is 4.72. The smallest absolute Gasteiger partial charge is 0.305 e. The Morgan fingerprint density at radius 3 is 2.73 bits per heavy atom. The van der Waals surface area contributed by atoms with Crippen molar-refractivity contribution in [2.75, 3.05) is 0 Å². The fraction of sp³-hybridized carbons (Fsp3) is 0.0667. The van der Waals surface area contributed by atoms with Crippen LogP contribution in [0, 0.1) is 5.82 Å². The summed E-state index contributed by atoms with van der Waals surface area (Å²) in [5, 5.41) is 0.568. The van der Waals surface area contributed by atoms with E-state index in [2.05, 4.69) is 20.9 Å². The molecule has 0 spiro atoms. The Balaban J connectivity index is 2.20. The number of fused-ring (bicyclic) bond motifs is 1. The van der Waals surface area contributed by atoms with Gasteiger partial charge in [-0.3, -0.25) is 9.36 Å². The minimum atomic E-state index is -0.632. The lowest BCUT2D eigenvalue weighted by atomic mass is 10.2. The van der Waals surface area contributed by atoms with Crippen molar-refractivity contribution in [3.05, 3.63) is 78.1 Å². The molecule has 4 nitrogen and oxygen atoms in total. The van der Waals surface area contributed by atoms with E-state index in [0.717, 1.165) is 4.57 Å². The number of H-pyrrole nitrogens is 1. The van der Waals surface area contributed by atoms with Crippen LogP contribution in [0.15, 0.2) is 50.5 Å². The molecule has 0 amide bonds. The van der Waals surface area contributed by atoms with Crippen molar-refractivity contribution in [2.24, 2.45) is 0 Å². The molecule has 112 valence electrons. The molecule has 0 bridgehead atoms. The average molecular weight is 384 g/mol. The zero-order chi connectivity index (χ0) is 15.9. The standard InChI is InChI=1S/C15H9BrClFN2O2/c16-9-5-4-8(12(18)6-9)7-20-14(21)10-2-1-3-11(17)13(10)19-15(20)22/h1-6H,7H2,(H,19,22). The first-order valence-electron chi connectivity index (χ1n) is 6.32. The summed E-state index contributed by atoms with van der Waals surface area (Å²) >= 11 is 9.13. The number of nitrogens with zero attached hydrogens (tertiary/aromatic N) is 1. The highest BCUT2D eigenvalue weighted by Gasteiger charge is 2.12. The summed E-state index contributed by atoms with van der Waals surface area (Å²) in [6, 6.07) is 9.22. The lowest BCUT2D eigenvalue weighted by Gasteiger charge is -2.08. The van der Waals surface area contributed by atoms with E-state index < -0.39 is 17.1 Å². The summed E-state index contributed by atoms with van der Waals surface area (Å²) in [4.78, 5) is 27.1. The van der Waals surface area contributed by atoms with Crippen molar-refractivity contribution in [3.63, 3.8) is 0 Å². The molecular weight excluding hydrogens is 375 g/mol. The molecule has 0 saturated heterocycles. The maximum absolute atomic E-state index is 13.9. The second-order valence-corrected chi connectivity index (χ2v) is 6.04. The molecule has 1 heterocycles. The Morgan fingerprint density at radius 1 is 1.23 bits per heavy atom. The van der Waals surface area contributed by atoms with Gasteiger partial charge in [0.2, 0.25) is 0 Å². The highest BCUT2D eigenvalue weighted by Crippen LogP contribution is 2.18. The van der Waals surface area contributed by atoms with Crippen LogP contribution in [-0.2, 0) is 6.54 Å². The number of para-hydroxylation sites is 1. The summed E-state index contributed by atoms with van der Waals surface area (Å²) in [7, 11) is 0. The van der Waals surface area contributed by atoms with Gasteiger partial charge < -0.3 is 4.98 Å². The molecule has 1 aromatic heterocycles. The first kappa shape index (κ1) is 15.0. The zero-order valence-corrected chi connectivity index (χ0v) is 13.4. The van der Waals surface area contributed by atoms with Gasteiger partial charge in [-0.15, -0.1) is 0 Å². The van der Waals surface area contributed by atoms with E-state index in [1.54, 1.807) is 24.3 Å². The molecule has 0 aliphatic carbocycles. The van der Waals surface area contributed by atoms with Gasteiger partial charge in [-0.1, -0.05) is 39.7 Å². The Bertz CT molecular complexity index is 997. The van der Waals surface area contributed by atoms with Crippen molar-refractivity contribution in [3.8, 4) is 0 Å². The number of halogens is 3. The third-order valence-electron chi connectivity index (χ3n) is 3.31. The van der Waals surface area contributed by atoms with E-state index in [-0.39, 0.29) is 28.0 Å². The number of aromatic amines is 1. The van der Waals surface area contributed by atoms with Gasteiger partial charge >= 0.3 is 5.69 Å². The van der Waals surface area contributed by atoms with Gasteiger partial charge in [-0.25, -0.2) is 9.18 Å². The maximum atomic E-state index is 13.9. The zero-order valence-electron chi connectivity index (χ0n) is 11.1. The predicted molar refractivity (Wildman–Crippen MR) is 87.0 cm³/mol. The molecule has 0 radical (unpaired) electrons. The summed E-state index contributed by atoms with van der Waals surface area (Å²) in [6.45, 7) is -0.157. The maximum Gasteiger partial charge on any atom is 0.329 e. The van der Waals surface area contributed by atoms with Crippen molar-refractivity contribution in [2.45, 2.75) is 6.54 Å². The third kappa shape index (κ3) is 2.60. The summed E-state index contributed by atoms with van der Waals surface area (Å²) < 4.78 is 15.4. The molecule has 0 saturated carbocycles. The van der Waals surface area contributed by atoms with E-state index in [1.807, 2.05) is 0 Å². The lowest BCUT2D eigenvalue weighted by Crippen LogP contribution is -2.35. The van der Waals surface area contributed by atoms with E-state index in [4.69, 9.17) is 11.6 Å². The van der Waals surface area contributed by atoms with Gasteiger partial charge in [-0.05, 0) is 24.3 Å². The molecule has 3 rings (SSSR count). The number of hydrogen-bond donors (Lipinski definition) is 1. The number of nitrogens with one attached hydrogen (secondary N) is 1. The van der Waals surface area contributed by atoms with Crippen LogP contribution in [0.3, 0.4) is 0 Å².